The van der Waals surface area contributed by atoms with Gasteiger partial charge < -0.3 is 9.84 Å². The van der Waals surface area contributed by atoms with Crippen LogP contribution in [0.2, 0.25) is 0 Å². The summed E-state index contributed by atoms with van der Waals surface area (Å²) in [6, 6.07) is 2.43. The first-order chi connectivity index (χ1) is 9.70. The molecule has 0 saturated carbocycles. The molecule has 120 valence electrons. The van der Waals surface area contributed by atoms with Crippen LogP contribution in [0.25, 0.3) is 0 Å². The van der Waals surface area contributed by atoms with E-state index in [1.54, 1.807) is 0 Å². The standard InChI is InChI=1S/C14H22FNO4S/c1-10(2)20-6-5-16(4)21(18,19)13-7-11(3)14(15)12(8-13)9-17/h7-8,10,17H,5-6,9H2,1-4H3. The lowest BCUT2D eigenvalue weighted by atomic mass is 10.1. The molecule has 7 heteroatoms. The Labute approximate surface area is 125 Å². The summed E-state index contributed by atoms with van der Waals surface area (Å²) in [5, 5.41) is 9.11. The number of rotatable bonds is 7. The summed E-state index contributed by atoms with van der Waals surface area (Å²) in [5.74, 6) is -0.581. The van der Waals surface area contributed by atoms with E-state index in [9.17, 15) is 12.8 Å². The summed E-state index contributed by atoms with van der Waals surface area (Å²) >= 11 is 0. The molecule has 0 radical (unpaired) electrons. The zero-order valence-electron chi connectivity index (χ0n) is 12.8. The van der Waals surface area contributed by atoms with E-state index in [2.05, 4.69) is 0 Å². The average Bonchev–Trinajstić information content (AvgIpc) is 2.40. The van der Waals surface area contributed by atoms with E-state index in [0.29, 0.717) is 0 Å². The van der Waals surface area contributed by atoms with Crippen LogP contribution >= 0.6 is 0 Å². The molecular weight excluding hydrogens is 297 g/mol. The summed E-state index contributed by atoms with van der Waals surface area (Å²) in [6.07, 6.45) is 0.0233. The second kappa shape index (κ2) is 7.31. The second-order valence-electron chi connectivity index (χ2n) is 5.12. The van der Waals surface area contributed by atoms with Crippen LogP contribution in [0.5, 0.6) is 0 Å². The Morgan fingerprint density at radius 2 is 2.00 bits per heavy atom. The van der Waals surface area contributed by atoms with Crippen LogP contribution in [0.1, 0.15) is 25.0 Å². The lowest BCUT2D eigenvalue weighted by molar-refractivity contribution is 0.0737. The van der Waals surface area contributed by atoms with Gasteiger partial charge in [-0.3, -0.25) is 0 Å². The summed E-state index contributed by atoms with van der Waals surface area (Å²) in [5.41, 5.74) is 0.160. The lowest BCUT2D eigenvalue weighted by Gasteiger charge is -2.19. The lowest BCUT2D eigenvalue weighted by Crippen LogP contribution is -2.31. The molecule has 0 spiro atoms. The molecule has 1 N–H and O–H groups in total. The molecular formula is C14H22FNO4S. The maximum Gasteiger partial charge on any atom is 0.242 e. The monoisotopic (exact) mass is 319 g/mol. The fourth-order valence-electron chi connectivity index (χ4n) is 1.79. The van der Waals surface area contributed by atoms with Gasteiger partial charge in [-0.2, -0.15) is 4.31 Å². The number of aliphatic hydroxyl groups excluding tert-OH is 1. The van der Waals surface area contributed by atoms with Gasteiger partial charge >= 0.3 is 0 Å². The Balaban J connectivity index is 2.99. The Morgan fingerprint density at radius 3 is 2.52 bits per heavy atom. The fourth-order valence-corrected chi connectivity index (χ4v) is 3.08. The molecule has 0 atom stereocenters. The SMILES string of the molecule is Cc1cc(S(=O)(=O)N(C)CCOC(C)C)cc(CO)c1F. The molecule has 1 aromatic rings. The minimum absolute atomic E-state index is 0.0233. The zero-order chi connectivity index (χ0) is 16.2. The average molecular weight is 319 g/mol. The van der Waals surface area contributed by atoms with Gasteiger partial charge in [0.25, 0.3) is 0 Å². The van der Waals surface area contributed by atoms with Crippen LogP contribution in [0, 0.1) is 12.7 Å². The van der Waals surface area contributed by atoms with E-state index in [4.69, 9.17) is 9.84 Å². The molecule has 0 aliphatic rings. The van der Waals surface area contributed by atoms with Gasteiger partial charge in [-0.15, -0.1) is 0 Å². The van der Waals surface area contributed by atoms with Crippen molar-refractivity contribution in [1.82, 2.24) is 4.31 Å². The molecule has 0 aromatic heterocycles. The molecule has 0 aliphatic carbocycles. The van der Waals surface area contributed by atoms with E-state index >= 15 is 0 Å². The van der Waals surface area contributed by atoms with E-state index in [1.165, 1.54) is 20.0 Å². The van der Waals surface area contributed by atoms with Crippen LogP contribution in [0.3, 0.4) is 0 Å². The number of nitrogens with zero attached hydrogens (tertiary/aromatic N) is 1. The van der Waals surface area contributed by atoms with Gasteiger partial charge in [0.05, 0.1) is 24.2 Å². The van der Waals surface area contributed by atoms with Crippen molar-refractivity contribution in [1.29, 1.82) is 0 Å². The Hall–Kier alpha value is -1.02. The number of ether oxygens (including phenoxy) is 1. The first-order valence-corrected chi connectivity index (χ1v) is 8.12. The summed E-state index contributed by atoms with van der Waals surface area (Å²) < 4.78 is 45.0. The quantitative estimate of drug-likeness (QED) is 0.830. The largest absolute Gasteiger partial charge is 0.392 e. The molecule has 21 heavy (non-hydrogen) atoms. The molecule has 0 bridgehead atoms. The van der Waals surface area contributed by atoms with Crippen molar-refractivity contribution < 1.29 is 22.7 Å². The molecule has 5 nitrogen and oxygen atoms in total. The summed E-state index contributed by atoms with van der Waals surface area (Å²) in [6.45, 7) is 5.13. The number of aliphatic hydroxyl groups is 1. The summed E-state index contributed by atoms with van der Waals surface area (Å²) in [4.78, 5) is -0.0301. The molecule has 0 unspecified atom stereocenters. The number of sulfonamides is 1. The van der Waals surface area contributed by atoms with E-state index in [1.807, 2.05) is 13.8 Å². The third-order valence-corrected chi connectivity index (χ3v) is 4.87. The highest BCUT2D eigenvalue weighted by Gasteiger charge is 2.23. The van der Waals surface area contributed by atoms with Crippen LogP contribution in [-0.4, -0.2) is 44.1 Å². The van der Waals surface area contributed by atoms with Gasteiger partial charge in [-0.05, 0) is 38.5 Å². The molecule has 1 rings (SSSR count). The van der Waals surface area contributed by atoms with E-state index in [-0.39, 0.29) is 35.3 Å². The Morgan fingerprint density at radius 1 is 1.38 bits per heavy atom. The first kappa shape index (κ1) is 18.0. The van der Waals surface area contributed by atoms with Crippen molar-refractivity contribution >= 4 is 10.0 Å². The Bertz CT molecular complexity index is 587. The van der Waals surface area contributed by atoms with Crippen molar-refractivity contribution in [3.05, 3.63) is 29.1 Å². The van der Waals surface area contributed by atoms with Crippen LogP contribution in [0.4, 0.5) is 4.39 Å². The molecule has 0 fully saturated rings. The maximum atomic E-state index is 13.7. The van der Waals surface area contributed by atoms with Gasteiger partial charge in [0.15, 0.2) is 0 Å². The Kier molecular flexibility index (Phi) is 6.27. The van der Waals surface area contributed by atoms with Crippen molar-refractivity contribution in [2.75, 3.05) is 20.2 Å². The minimum Gasteiger partial charge on any atom is -0.392 e. The van der Waals surface area contributed by atoms with Crippen molar-refractivity contribution in [2.45, 2.75) is 38.4 Å². The van der Waals surface area contributed by atoms with Crippen molar-refractivity contribution in [3.8, 4) is 0 Å². The third kappa shape index (κ3) is 4.47. The predicted octanol–water partition coefficient (Wildman–Crippen LogP) is 1.67. The zero-order valence-corrected chi connectivity index (χ0v) is 13.6. The first-order valence-electron chi connectivity index (χ1n) is 6.68. The van der Waals surface area contributed by atoms with E-state index < -0.39 is 22.4 Å². The fraction of sp³-hybridized carbons (Fsp3) is 0.571. The van der Waals surface area contributed by atoms with Crippen molar-refractivity contribution in [2.24, 2.45) is 0 Å². The molecule has 0 aliphatic heterocycles. The van der Waals surface area contributed by atoms with E-state index in [0.717, 1.165) is 10.4 Å². The number of halogens is 1. The number of hydrogen-bond acceptors (Lipinski definition) is 4. The van der Waals surface area contributed by atoms with Gasteiger partial charge in [0.1, 0.15) is 5.82 Å². The molecule has 0 saturated heterocycles. The number of likely N-dealkylation sites (N-methyl/N-ethyl adjacent to an activating group) is 1. The van der Waals surface area contributed by atoms with Crippen molar-refractivity contribution in [3.63, 3.8) is 0 Å². The molecule has 1 aromatic carbocycles. The second-order valence-corrected chi connectivity index (χ2v) is 7.16. The highest BCUT2D eigenvalue weighted by molar-refractivity contribution is 7.89. The molecule has 0 amide bonds. The number of benzene rings is 1. The summed E-state index contributed by atoms with van der Waals surface area (Å²) in [7, 11) is -2.29. The van der Waals surface area contributed by atoms with Gasteiger partial charge in [0.2, 0.25) is 10.0 Å². The van der Waals surface area contributed by atoms with Gasteiger partial charge in [0, 0.05) is 19.2 Å². The van der Waals surface area contributed by atoms with Crippen LogP contribution in [-0.2, 0) is 21.4 Å². The highest BCUT2D eigenvalue weighted by Crippen LogP contribution is 2.21. The van der Waals surface area contributed by atoms with Gasteiger partial charge in [-0.25, -0.2) is 12.8 Å². The smallest absolute Gasteiger partial charge is 0.242 e. The van der Waals surface area contributed by atoms with Crippen LogP contribution in [0.15, 0.2) is 17.0 Å². The highest BCUT2D eigenvalue weighted by atomic mass is 32.2. The maximum absolute atomic E-state index is 13.7. The minimum atomic E-state index is -3.73. The predicted molar refractivity (Wildman–Crippen MR) is 78.0 cm³/mol. The number of hydrogen-bond donors (Lipinski definition) is 1. The van der Waals surface area contributed by atoms with Gasteiger partial charge in [-0.1, -0.05) is 0 Å². The normalized spacial score (nSPS) is 12.4. The van der Waals surface area contributed by atoms with Crippen LogP contribution < -0.4 is 0 Å². The molecule has 0 heterocycles. The number of aryl methyl sites for hydroxylation is 1. The topological polar surface area (TPSA) is 66.8 Å². The third-order valence-electron chi connectivity index (χ3n) is 3.04.